The van der Waals surface area contributed by atoms with Crippen molar-refractivity contribution in [2.75, 3.05) is 24.9 Å². The second kappa shape index (κ2) is 9.09. The van der Waals surface area contributed by atoms with Crippen LogP contribution in [0.25, 0.3) is 0 Å². The van der Waals surface area contributed by atoms with E-state index in [0.717, 1.165) is 27.8 Å². The topological polar surface area (TPSA) is 68.3 Å². The van der Waals surface area contributed by atoms with Gasteiger partial charge < -0.3 is 20.1 Å². The van der Waals surface area contributed by atoms with Crippen molar-refractivity contribution >= 4 is 23.2 Å². The van der Waals surface area contributed by atoms with E-state index in [0.29, 0.717) is 24.6 Å². The van der Waals surface area contributed by atoms with Crippen LogP contribution in [0.15, 0.2) is 54.9 Å². The highest BCUT2D eigenvalue weighted by Gasteiger charge is 2.05. The predicted molar refractivity (Wildman–Crippen MR) is 108 cm³/mol. The minimum atomic E-state index is 0.589. The molecule has 6 nitrogen and oxygen atoms in total. The van der Waals surface area contributed by atoms with Crippen molar-refractivity contribution in [3.8, 4) is 11.5 Å². The van der Waals surface area contributed by atoms with E-state index in [2.05, 4.69) is 20.6 Å². The number of hydrogen-bond donors (Lipinski definition) is 2. The van der Waals surface area contributed by atoms with Gasteiger partial charge in [-0.3, -0.25) is 0 Å². The van der Waals surface area contributed by atoms with Gasteiger partial charge in [0.25, 0.3) is 0 Å². The fourth-order valence-electron chi connectivity index (χ4n) is 2.56. The van der Waals surface area contributed by atoms with Gasteiger partial charge in [-0.1, -0.05) is 35.9 Å². The standard InChI is InChI=1S/C20H21ClN4O2/c1-26-17-8-7-14(9-18(17)27-2)11-22-19-10-20(25-13-24-19)23-12-15-5-3-4-6-16(15)21/h3-10,13H,11-12H2,1-2H3,(H2,22,23,24,25). The highest BCUT2D eigenvalue weighted by molar-refractivity contribution is 6.31. The number of benzene rings is 2. The van der Waals surface area contributed by atoms with Gasteiger partial charge in [0.2, 0.25) is 0 Å². The zero-order valence-electron chi connectivity index (χ0n) is 15.2. The molecule has 3 rings (SSSR count). The van der Waals surface area contributed by atoms with Gasteiger partial charge in [-0.2, -0.15) is 0 Å². The van der Waals surface area contributed by atoms with Crippen LogP contribution >= 0.6 is 11.6 Å². The quantitative estimate of drug-likeness (QED) is 0.601. The molecule has 3 aromatic rings. The Hall–Kier alpha value is -2.99. The van der Waals surface area contributed by atoms with Crippen molar-refractivity contribution in [1.82, 2.24) is 9.97 Å². The number of nitrogens with one attached hydrogen (secondary N) is 2. The van der Waals surface area contributed by atoms with E-state index in [4.69, 9.17) is 21.1 Å². The first kappa shape index (κ1) is 18.8. The summed E-state index contributed by atoms with van der Waals surface area (Å²) in [4.78, 5) is 8.51. The van der Waals surface area contributed by atoms with E-state index in [-0.39, 0.29) is 0 Å². The van der Waals surface area contributed by atoms with Crippen LogP contribution in [0.2, 0.25) is 5.02 Å². The summed E-state index contributed by atoms with van der Waals surface area (Å²) in [6.07, 6.45) is 1.52. The molecule has 1 heterocycles. The van der Waals surface area contributed by atoms with E-state index < -0.39 is 0 Å². The normalized spacial score (nSPS) is 10.3. The average Bonchev–Trinajstić information content (AvgIpc) is 2.71. The largest absolute Gasteiger partial charge is 0.493 e. The minimum absolute atomic E-state index is 0.589. The Labute approximate surface area is 163 Å². The molecule has 0 amide bonds. The van der Waals surface area contributed by atoms with Crippen LogP contribution < -0.4 is 20.1 Å². The van der Waals surface area contributed by atoms with Crippen molar-refractivity contribution < 1.29 is 9.47 Å². The third-order valence-electron chi connectivity index (χ3n) is 4.01. The molecule has 0 spiro atoms. The van der Waals surface area contributed by atoms with Gasteiger partial charge >= 0.3 is 0 Å². The maximum atomic E-state index is 6.18. The first-order valence-electron chi connectivity index (χ1n) is 8.43. The number of rotatable bonds is 8. The molecule has 2 aromatic carbocycles. The Morgan fingerprint density at radius 2 is 1.56 bits per heavy atom. The number of hydrogen-bond acceptors (Lipinski definition) is 6. The molecule has 0 saturated carbocycles. The highest BCUT2D eigenvalue weighted by Crippen LogP contribution is 2.27. The van der Waals surface area contributed by atoms with E-state index in [1.807, 2.05) is 48.5 Å². The molecule has 2 N–H and O–H groups in total. The Bertz CT molecular complexity index is 905. The van der Waals surface area contributed by atoms with Crippen LogP contribution in [0.4, 0.5) is 11.6 Å². The van der Waals surface area contributed by atoms with Crippen molar-refractivity contribution in [1.29, 1.82) is 0 Å². The molecule has 0 unspecified atom stereocenters. The number of methoxy groups -OCH3 is 2. The molecule has 0 radical (unpaired) electrons. The Morgan fingerprint density at radius 1 is 0.852 bits per heavy atom. The summed E-state index contributed by atoms with van der Waals surface area (Å²) in [6.45, 7) is 1.19. The Balaban J connectivity index is 1.61. The third kappa shape index (κ3) is 5.01. The maximum absolute atomic E-state index is 6.18. The van der Waals surface area contributed by atoms with E-state index in [9.17, 15) is 0 Å². The highest BCUT2D eigenvalue weighted by atomic mass is 35.5. The van der Waals surface area contributed by atoms with Gasteiger partial charge in [-0.15, -0.1) is 0 Å². The molecule has 0 aliphatic carbocycles. The maximum Gasteiger partial charge on any atom is 0.161 e. The molecule has 7 heteroatoms. The van der Waals surface area contributed by atoms with Crippen LogP contribution in [0.5, 0.6) is 11.5 Å². The lowest BCUT2D eigenvalue weighted by Crippen LogP contribution is -2.05. The fourth-order valence-corrected chi connectivity index (χ4v) is 2.76. The lowest BCUT2D eigenvalue weighted by atomic mass is 10.2. The molecule has 0 saturated heterocycles. The van der Waals surface area contributed by atoms with Gasteiger partial charge in [0.1, 0.15) is 18.0 Å². The van der Waals surface area contributed by atoms with E-state index in [1.165, 1.54) is 6.33 Å². The van der Waals surface area contributed by atoms with Crippen LogP contribution in [-0.2, 0) is 13.1 Å². The second-order valence-corrected chi connectivity index (χ2v) is 6.18. The first-order valence-corrected chi connectivity index (χ1v) is 8.81. The number of ether oxygens (including phenoxy) is 2. The minimum Gasteiger partial charge on any atom is -0.493 e. The molecular formula is C20H21ClN4O2. The predicted octanol–water partition coefficient (Wildman–Crippen LogP) is 4.37. The number of nitrogens with zero attached hydrogens (tertiary/aromatic N) is 2. The smallest absolute Gasteiger partial charge is 0.161 e. The molecule has 140 valence electrons. The van der Waals surface area contributed by atoms with Crippen molar-refractivity contribution in [2.24, 2.45) is 0 Å². The van der Waals surface area contributed by atoms with Gasteiger partial charge in [0.15, 0.2) is 11.5 Å². The summed E-state index contributed by atoms with van der Waals surface area (Å²) in [6, 6.07) is 15.4. The molecule has 0 fully saturated rings. The summed E-state index contributed by atoms with van der Waals surface area (Å²) in [5, 5.41) is 7.28. The van der Waals surface area contributed by atoms with E-state index in [1.54, 1.807) is 14.2 Å². The lowest BCUT2D eigenvalue weighted by Gasteiger charge is -2.11. The number of halogens is 1. The van der Waals surface area contributed by atoms with Gasteiger partial charge in [0.05, 0.1) is 14.2 Å². The molecular weight excluding hydrogens is 364 g/mol. The van der Waals surface area contributed by atoms with E-state index >= 15 is 0 Å². The fraction of sp³-hybridized carbons (Fsp3) is 0.200. The summed E-state index contributed by atoms with van der Waals surface area (Å²) in [5.41, 5.74) is 2.06. The summed E-state index contributed by atoms with van der Waals surface area (Å²) < 4.78 is 10.6. The summed E-state index contributed by atoms with van der Waals surface area (Å²) in [5.74, 6) is 2.84. The first-order chi connectivity index (χ1) is 13.2. The molecule has 0 atom stereocenters. The molecule has 0 aliphatic heterocycles. The van der Waals surface area contributed by atoms with Crippen molar-refractivity contribution in [3.05, 3.63) is 71.0 Å². The Kier molecular flexibility index (Phi) is 6.33. The van der Waals surface area contributed by atoms with Crippen LogP contribution in [0, 0.1) is 0 Å². The summed E-state index contributed by atoms with van der Waals surface area (Å²) in [7, 11) is 3.24. The second-order valence-electron chi connectivity index (χ2n) is 5.78. The van der Waals surface area contributed by atoms with Crippen molar-refractivity contribution in [2.45, 2.75) is 13.1 Å². The van der Waals surface area contributed by atoms with Crippen LogP contribution in [0.3, 0.4) is 0 Å². The monoisotopic (exact) mass is 384 g/mol. The van der Waals surface area contributed by atoms with Gasteiger partial charge in [-0.25, -0.2) is 9.97 Å². The van der Waals surface area contributed by atoms with Gasteiger partial charge in [0, 0.05) is 24.2 Å². The molecule has 1 aromatic heterocycles. The number of aromatic nitrogens is 2. The summed E-state index contributed by atoms with van der Waals surface area (Å²) >= 11 is 6.18. The lowest BCUT2D eigenvalue weighted by molar-refractivity contribution is 0.354. The zero-order valence-corrected chi connectivity index (χ0v) is 16.0. The third-order valence-corrected chi connectivity index (χ3v) is 4.38. The molecule has 0 aliphatic rings. The number of anilines is 2. The zero-order chi connectivity index (χ0) is 19.1. The van der Waals surface area contributed by atoms with Crippen LogP contribution in [-0.4, -0.2) is 24.2 Å². The average molecular weight is 385 g/mol. The SMILES string of the molecule is COc1ccc(CNc2cc(NCc3ccccc3Cl)ncn2)cc1OC. The van der Waals surface area contributed by atoms with Gasteiger partial charge in [-0.05, 0) is 29.3 Å². The van der Waals surface area contributed by atoms with Crippen LogP contribution in [0.1, 0.15) is 11.1 Å². The molecule has 27 heavy (non-hydrogen) atoms. The molecule has 0 bridgehead atoms. The van der Waals surface area contributed by atoms with Crippen molar-refractivity contribution in [3.63, 3.8) is 0 Å². The Morgan fingerprint density at radius 3 is 2.26 bits per heavy atom.